The fourth-order valence-corrected chi connectivity index (χ4v) is 3.95. The van der Waals surface area contributed by atoms with Crippen LogP contribution in [0.5, 0.6) is 5.75 Å². The Kier molecular flexibility index (Phi) is 6.88. The van der Waals surface area contributed by atoms with E-state index in [2.05, 4.69) is 5.32 Å². The molecule has 0 fully saturated rings. The highest BCUT2D eigenvalue weighted by molar-refractivity contribution is 7.89. The number of carbonyl (C=O) groups excluding carboxylic acids is 1. The number of rotatable bonds is 7. The van der Waals surface area contributed by atoms with Crippen molar-refractivity contribution in [3.05, 3.63) is 52.5 Å². The van der Waals surface area contributed by atoms with Crippen molar-refractivity contribution in [2.24, 2.45) is 0 Å². The molecule has 0 saturated heterocycles. The fraction of sp³-hybridized carbons (Fsp3) is 0.235. The molecule has 140 valence electrons. The Balaban J connectivity index is 2.18. The van der Waals surface area contributed by atoms with Gasteiger partial charge in [-0.1, -0.05) is 30.1 Å². The molecule has 1 N–H and O–H groups in total. The SMILES string of the molecule is CCN(CC(=O)Nc1cc(Cl)ccc1OC)S(=O)(=O)c1ccc(Cl)cc1. The standard InChI is InChI=1S/C17H18Cl2N2O4S/c1-3-21(26(23,24)14-7-4-12(18)5-8-14)11-17(22)20-15-10-13(19)6-9-16(15)25-2/h4-10H,3,11H2,1-2H3,(H,20,22). The van der Waals surface area contributed by atoms with Gasteiger partial charge in [-0.05, 0) is 42.5 Å². The summed E-state index contributed by atoms with van der Waals surface area (Å²) in [6.45, 7) is 1.43. The van der Waals surface area contributed by atoms with E-state index in [0.29, 0.717) is 21.5 Å². The molecule has 0 radical (unpaired) electrons. The van der Waals surface area contributed by atoms with Crippen molar-refractivity contribution in [1.82, 2.24) is 4.31 Å². The van der Waals surface area contributed by atoms with Crippen LogP contribution in [0.2, 0.25) is 10.0 Å². The van der Waals surface area contributed by atoms with Gasteiger partial charge in [0.05, 0.1) is 24.2 Å². The molecule has 0 saturated carbocycles. The number of ether oxygens (including phenoxy) is 1. The van der Waals surface area contributed by atoms with Gasteiger partial charge in [0.2, 0.25) is 15.9 Å². The number of methoxy groups -OCH3 is 1. The highest BCUT2D eigenvalue weighted by atomic mass is 35.5. The van der Waals surface area contributed by atoms with E-state index in [4.69, 9.17) is 27.9 Å². The number of amides is 1. The molecule has 6 nitrogen and oxygen atoms in total. The van der Waals surface area contributed by atoms with Crippen LogP contribution in [-0.4, -0.2) is 38.8 Å². The summed E-state index contributed by atoms with van der Waals surface area (Å²) in [6, 6.07) is 10.5. The van der Waals surface area contributed by atoms with E-state index in [-0.39, 0.29) is 18.0 Å². The van der Waals surface area contributed by atoms with Gasteiger partial charge in [-0.2, -0.15) is 4.31 Å². The van der Waals surface area contributed by atoms with E-state index in [9.17, 15) is 13.2 Å². The predicted octanol–water partition coefficient (Wildman–Crippen LogP) is 3.65. The second-order valence-electron chi connectivity index (χ2n) is 5.28. The number of anilines is 1. The van der Waals surface area contributed by atoms with Crippen LogP contribution < -0.4 is 10.1 Å². The maximum Gasteiger partial charge on any atom is 0.243 e. The molecule has 1 amide bonds. The van der Waals surface area contributed by atoms with Gasteiger partial charge < -0.3 is 10.1 Å². The monoisotopic (exact) mass is 416 g/mol. The third-order valence-electron chi connectivity index (χ3n) is 3.56. The molecule has 0 bridgehead atoms. The minimum absolute atomic E-state index is 0.0666. The average Bonchev–Trinajstić information content (AvgIpc) is 2.60. The van der Waals surface area contributed by atoms with Crippen molar-refractivity contribution in [3.63, 3.8) is 0 Å². The van der Waals surface area contributed by atoms with Crippen LogP contribution in [0.15, 0.2) is 47.4 Å². The van der Waals surface area contributed by atoms with Crippen molar-refractivity contribution in [3.8, 4) is 5.75 Å². The number of halogens is 2. The number of nitrogens with one attached hydrogen (secondary N) is 1. The Labute approximate surface area is 162 Å². The number of benzene rings is 2. The highest BCUT2D eigenvalue weighted by Gasteiger charge is 2.25. The molecule has 2 rings (SSSR count). The topological polar surface area (TPSA) is 75.7 Å². The Morgan fingerprint density at radius 2 is 1.73 bits per heavy atom. The van der Waals surface area contributed by atoms with E-state index in [1.54, 1.807) is 19.1 Å². The van der Waals surface area contributed by atoms with Crippen LogP contribution in [-0.2, 0) is 14.8 Å². The fourth-order valence-electron chi connectivity index (χ4n) is 2.25. The van der Waals surface area contributed by atoms with Gasteiger partial charge in [0, 0.05) is 16.6 Å². The van der Waals surface area contributed by atoms with Crippen LogP contribution in [0.4, 0.5) is 5.69 Å². The first-order valence-corrected chi connectivity index (χ1v) is 9.86. The minimum Gasteiger partial charge on any atom is -0.495 e. The summed E-state index contributed by atoms with van der Waals surface area (Å²) in [7, 11) is -2.36. The maximum atomic E-state index is 12.7. The third-order valence-corrected chi connectivity index (χ3v) is 5.98. The molecule has 0 heterocycles. The van der Waals surface area contributed by atoms with Gasteiger partial charge in [-0.3, -0.25) is 4.79 Å². The first kappa shape index (κ1) is 20.5. The van der Waals surface area contributed by atoms with E-state index < -0.39 is 15.9 Å². The second kappa shape index (κ2) is 8.73. The van der Waals surface area contributed by atoms with Crippen LogP contribution in [0.1, 0.15) is 6.92 Å². The molecule has 0 aliphatic carbocycles. The predicted molar refractivity (Wildman–Crippen MR) is 103 cm³/mol. The lowest BCUT2D eigenvalue weighted by atomic mass is 10.3. The van der Waals surface area contributed by atoms with Crippen LogP contribution in [0.3, 0.4) is 0 Å². The Morgan fingerprint density at radius 3 is 2.31 bits per heavy atom. The lowest BCUT2D eigenvalue weighted by molar-refractivity contribution is -0.116. The lowest BCUT2D eigenvalue weighted by Crippen LogP contribution is -2.37. The summed E-state index contributed by atoms with van der Waals surface area (Å²) < 4.78 is 31.6. The maximum absolute atomic E-state index is 12.7. The second-order valence-corrected chi connectivity index (χ2v) is 8.09. The van der Waals surface area contributed by atoms with Crippen molar-refractivity contribution in [2.75, 3.05) is 25.5 Å². The number of nitrogens with zero attached hydrogens (tertiary/aromatic N) is 1. The molecular formula is C17H18Cl2N2O4S. The molecule has 2 aromatic carbocycles. The summed E-state index contributed by atoms with van der Waals surface area (Å²) >= 11 is 11.7. The number of hydrogen-bond acceptors (Lipinski definition) is 4. The average molecular weight is 417 g/mol. The van der Waals surface area contributed by atoms with E-state index >= 15 is 0 Å². The van der Waals surface area contributed by atoms with Crippen molar-refractivity contribution in [1.29, 1.82) is 0 Å². The quantitative estimate of drug-likeness (QED) is 0.746. The Bertz CT molecular complexity index is 886. The number of hydrogen-bond donors (Lipinski definition) is 1. The first-order valence-electron chi connectivity index (χ1n) is 7.67. The van der Waals surface area contributed by atoms with Gasteiger partial charge in [-0.25, -0.2) is 8.42 Å². The molecule has 2 aromatic rings. The van der Waals surface area contributed by atoms with Crippen molar-refractivity contribution in [2.45, 2.75) is 11.8 Å². The summed E-state index contributed by atoms with van der Waals surface area (Å²) in [6.07, 6.45) is 0. The summed E-state index contributed by atoms with van der Waals surface area (Å²) in [5, 5.41) is 3.47. The molecule has 0 aliphatic heterocycles. The molecule has 0 spiro atoms. The van der Waals surface area contributed by atoms with Gasteiger partial charge in [0.25, 0.3) is 0 Å². The van der Waals surface area contributed by atoms with Gasteiger partial charge >= 0.3 is 0 Å². The molecule has 0 atom stereocenters. The highest BCUT2D eigenvalue weighted by Crippen LogP contribution is 2.27. The normalized spacial score (nSPS) is 11.4. The molecule has 26 heavy (non-hydrogen) atoms. The largest absolute Gasteiger partial charge is 0.495 e. The Morgan fingerprint density at radius 1 is 1.12 bits per heavy atom. The smallest absolute Gasteiger partial charge is 0.243 e. The molecule has 0 aliphatic rings. The summed E-state index contributed by atoms with van der Waals surface area (Å²) in [4.78, 5) is 12.4. The Hall–Kier alpha value is -1.80. The van der Waals surface area contributed by atoms with Crippen molar-refractivity contribution < 1.29 is 17.9 Å². The van der Waals surface area contributed by atoms with Gasteiger partial charge in [-0.15, -0.1) is 0 Å². The zero-order valence-corrected chi connectivity index (χ0v) is 16.5. The lowest BCUT2D eigenvalue weighted by Gasteiger charge is -2.20. The number of likely N-dealkylation sites (N-methyl/N-ethyl adjacent to an activating group) is 1. The van der Waals surface area contributed by atoms with Crippen LogP contribution in [0, 0.1) is 0 Å². The number of sulfonamides is 1. The van der Waals surface area contributed by atoms with Gasteiger partial charge in [0.1, 0.15) is 5.75 Å². The van der Waals surface area contributed by atoms with Crippen LogP contribution >= 0.6 is 23.2 Å². The molecule has 0 unspecified atom stereocenters. The number of carbonyl (C=O) groups is 1. The third kappa shape index (κ3) is 4.88. The molecular weight excluding hydrogens is 399 g/mol. The zero-order chi connectivity index (χ0) is 19.3. The molecule has 9 heteroatoms. The van der Waals surface area contributed by atoms with Crippen molar-refractivity contribution >= 4 is 44.8 Å². The zero-order valence-electron chi connectivity index (χ0n) is 14.2. The first-order chi connectivity index (χ1) is 12.3. The summed E-state index contributed by atoms with van der Waals surface area (Å²) in [5.41, 5.74) is 0.366. The van der Waals surface area contributed by atoms with Crippen LogP contribution in [0.25, 0.3) is 0 Å². The molecule has 0 aromatic heterocycles. The summed E-state index contributed by atoms with van der Waals surface area (Å²) in [5.74, 6) is -0.0867. The van der Waals surface area contributed by atoms with Gasteiger partial charge in [0.15, 0.2) is 0 Å². The van der Waals surface area contributed by atoms with E-state index in [1.807, 2.05) is 0 Å². The van der Waals surface area contributed by atoms with E-state index in [0.717, 1.165) is 4.31 Å². The minimum atomic E-state index is -3.82. The van der Waals surface area contributed by atoms with E-state index in [1.165, 1.54) is 37.4 Å².